The van der Waals surface area contributed by atoms with E-state index in [4.69, 9.17) is 4.74 Å². The summed E-state index contributed by atoms with van der Waals surface area (Å²) >= 11 is 0. The van der Waals surface area contributed by atoms with Crippen LogP contribution in [0.5, 0.6) is 0 Å². The summed E-state index contributed by atoms with van der Waals surface area (Å²) in [5, 5.41) is 0.514. The van der Waals surface area contributed by atoms with Crippen LogP contribution in [0.15, 0.2) is 54.6 Å². The van der Waals surface area contributed by atoms with Gasteiger partial charge in [0.2, 0.25) is 0 Å². The molecule has 0 radical (unpaired) electrons. The molecule has 1 saturated heterocycles. The molecule has 8 heteroatoms. The van der Waals surface area contributed by atoms with Gasteiger partial charge in [0, 0.05) is 43.8 Å². The van der Waals surface area contributed by atoms with Crippen molar-refractivity contribution < 1.29 is 22.7 Å². The molecule has 168 valence electrons. The third kappa shape index (κ3) is 4.85. The second-order valence-electron chi connectivity index (χ2n) is 7.73. The van der Waals surface area contributed by atoms with Gasteiger partial charge < -0.3 is 9.64 Å². The molecular weight excluding hydrogens is 419 g/mol. The molecule has 1 aliphatic heterocycles. The van der Waals surface area contributed by atoms with E-state index in [1.807, 2.05) is 23.1 Å². The number of hydrogen-bond donors (Lipinski definition) is 0. The number of rotatable bonds is 5. The second-order valence-corrected chi connectivity index (χ2v) is 7.73. The second kappa shape index (κ2) is 9.16. The minimum atomic E-state index is -4.56. The highest BCUT2D eigenvalue weighted by Crippen LogP contribution is 2.35. The van der Waals surface area contributed by atoms with Gasteiger partial charge >= 0.3 is 12.1 Å². The summed E-state index contributed by atoms with van der Waals surface area (Å²) in [6.07, 6.45) is -4.56. The van der Waals surface area contributed by atoms with Crippen molar-refractivity contribution in [2.75, 3.05) is 37.7 Å². The van der Waals surface area contributed by atoms with Crippen LogP contribution in [0.25, 0.3) is 10.9 Å². The number of pyridine rings is 1. The normalized spacial score (nSPS) is 15.2. The number of alkyl halides is 3. The monoisotopic (exact) mass is 443 g/mol. The molecule has 0 unspecified atom stereocenters. The first-order chi connectivity index (χ1) is 15.3. The molecule has 5 nitrogen and oxygen atoms in total. The molecule has 32 heavy (non-hydrogen) atoms. The van der Waals surface area contributed by atoms with E-state index in [0.717, 1.165) is 25.7 Å². The van der Waals surface area contributed by atoms with Gasteiger partial charge in [-0.05, 0) is 36.8 Å². The van der Waals surface area contributed by atoms with Crippen molar-refractivity contribution >= 4 is 22.6 Å². The van der Waals surface area contributed by atoms with Crippen LogP contribution in [0.2, 0.25) is 0 Å². The van der Waals surface area contributed by atoms with E-state index in [9.17, 15) is 18.0 Å². The molecular formula is C24H24F3N3O2. The van der Waals surface area contributed by atoms with Gasteiger partial charge in [-0.25, -0.2) is 9.78 Å². The predicted octanol–water partition coefficient (Wildman–Crippen LogP) is 4.75. The zero-order chi connectivity index (χ0) is 22.7. The van der Waals surface area contributed by atoms with Crippen LogP contribution in [0.1, 0.15) is 28.5 Å². The van der Waals surface area contributed by atoms with Crippen molar-refractivity contribution in [3.05, 3.63) is 71.4 Å². The fourth-order valence-corrected chi connectivity index (χ4v) is 3.94. The summed E-state index contributed by atoms with van der Waals surface area (Å²) in [5.74, 6) is -0.507. The first-order valence-electron chi connectivity index (χ1n) is 10.6. The van der Waals surface area contributed by atoms with Crippen molar-refractivity contribution in [1.29, 1.82) is 0 Å². The molecule has 1 aliphatic rings. The summed E-state index contributed by atoms with van der Waals surface area (Å²) in [7, 11) is 0. The highest BCUT2D eigenvalue weighted by atomic mass is 19.4. The van der Waals surface area contributed by atoms with Crippen molar-refractivity contribution in [3.63, 3.8) is 0 Å². The molecule has 0 N–H and O–H groups in total. The van der Waals surface area contributed by atoms with E-state index >= 15 is 0 Å². The number of fused-ring (bicyclic) bond motifs is 1. The molecule has 0 amide bonds. The van der Waals surface area contributed by atoms with E-state index in [-0.39, 0.29) is 12.1 Å². The van der Waals surface area contributed by atoms with Gasteiger partial charge in [-0.3, -0.25) is 4.90 Å². The Bertz CT molecular complexity index is 1090. The average Bonchev–Trinajstić information content (AvgIpc) is 2.79. The molecule has 0 atom stereocenters. The third-order valence-corrected chi connectivity index (χ3v) is 5.55. The maximum absolute atomic E-state index is 13.5. The van der Waals surface area contributed by atoms with Crippen LogP contribution in [-0.4, -0.2) is 48.6 Å². The van der Waals surface area contributed by atoms with Crippen molar-refractivity contribution in [2.45, 2.75) is 19.6 Å². The summed E-state index contributed by atoms with van der Waals surface area (Å²) in [6.45, 7) is 5.32. The molecule has 0 spiro atoms. The highest BCUT2D eigenvalue weighted by molar-refractivity contribution is 5.99. The molecule has 0 aliphatic carbocycles. The van der Waals surface area contributed by atoms with E-state index in [1.165, 1.54) is 17.7 Å². The lowest BCUT2D eigenvalue weighted by atomic mass is 10.1. The van der Waals surface area contributed by atoms with Crippen LogP contribution >= 0.6 is 0 Å². The van der Waals surface area contributed by atoms with Crippen molar-refractivity contribution in [2.24, 2.45) is 0 Å². The fourth-order valence-electron chi connectivity index (χ4n) is 3.94. The Kier molecular flexibility index (Phi) is 6.32. The number of ether oxygens (including phenoxy) is 1. The van der Waals surface area contributed by atoms with Crippen LogP contribution < -0.4 is 4.90 Å². The number of halogens is 3. The number of nitrogens with zero attached hydrogens (tertiary/aromatic N) is 3. The summed E-state index contributed by atoms with van der Waals surface area (Å²) in [5.41, 5.74) is 1.21. The summed E-state index contributed by atoms with van der Waals surface area (Å²) in [6, 6.07) is 15.7. The number of hydrogen-bond acceptors (Lipinski definition) is 5. The van der Waals surface area contributed by atoms with Gasteiger partial charge in [0.15, 0.2) is 0 Å². The largest absolute Gasteiger partial charge is 0.462 e. The summed E-state index contributed by atoms with van der Waals surface area (Å²) in [4.78, 5) is 20.2. The molecule has 1 aromatic heterocycles. The standard InChI is InChI=1S/C24H24F3N3O2/c1-2-32-23(31)18-8-9-20-19(14-18)21(15-22(28-20)24(25,26)27)30-12-10-29(11-13-30)16-17-6-4-3-5-7-17/h3-9,14-15H,2,10-13,16H2,1H3. The average molecular weight is 443 g/mol. The first-order valence-corrected chi connectivity index (χ1v) is 10.6. The number of benzene rings is 2. The van der Waals surface area contributed by atoms with Gasteiger partial charge in [0.25, 0.3) is 0 Å². The molecule has 2 aromatic carbocycles. The lowest BCUT2D eigenvalue weighted by Gasteiger charge is -2.36. The zero-order valence-electron chi connectivity index (χ0n) is 17.7. The van der Waals surface area contributed by atoms with Crippen molar-refractivity contribution in [1.82, 2.24) is 9.88 Å². The number of piperazine rings is 1. The number of carbonyl (C=O) groups is 1. The van der Waals surface area contributed by atoms with Crippen LogP contribution in [0.3, 0.4) is 0 Å². The molecule has 2 heterocycles. The Morgan fingerprint density at radius 2 is 1.75 bits per heavy atom. The SMILES string of the molecule is CCOC(=O)c1ccc2nc(C(F)(F)F)cc(N3CCN(Cc4ccccc4)CC3)c2c1. The van der Waals surface area contributed by atoms with Crippen LogP contribution in [0.4, 0.5) is 18.9 Å². The smallest absolute Gasteiger partial charge is 0.433 e. The summed E-state index contributed by atoms with van der Waals surface area (Å²) < 4.78 is 45.6. The number of anilines is 1. The third-order valence-electron chi connectivity index (χ3n) is 5.55. The highest BCUT2D eigenvalue weighted by Gasteiger charge is 2.34. The van der Waals surface area contributed by atoms with E-state index in [2.05, 4.69) is 22.0 Å². The Balaban J connectivity index is 1.63. The molecule has 0 bridgehead atoms. The lowest BCUT2D eigenvalue weighted by Crippen LogP contribution is -2.46. The van der Waals surface area contributed by atoms with Crippen LogP contribution in [0, 0.1) is 0 Å². The Labute approximate surface area is 184 Å². The predicted molar refractivity (Wildman–Crippen MR) is 117 cm³/mol. The Hall–Kier alpha value is -3.13. The molecule has 0 saturated carbocycles. The van der Waals surface area contributed by atoms with Gasteiger partial charge in [-0.2, -0.15) is 13.2 Å². The maximum Gasteiger partial charge on any atom is 0.433 e. The van der Waals surface area contributed by atoms with Gasteiger partial charge in [-0.15, -0.1) is 0 Å². The first kappa shape index (κ1) is 22.1. The minimum Gasteiger partial charge on any atom is -0.462 e. The lowest BCUT2D eigenvalue weighted by molar-refractivity contribution is -0.140. The number of aromatic nitrogens is 1. The Morgan fingerprint density at radius 3 is 2.41 bits per heavy atom. The number of esters is 1. The molecule has 4 rings (SSSR count). The maximum atomic E-state index is 13.5. The zero-order valence-corrected chi connectivity index (χ0v) is 17.7. The van der Waals surface area contributed by atoms with Crippen molar-refractivity contribution in [3.8, 4) is 0 Å². The number of carbonyl (C=O) groups excluding carboxylic acids is 1. The minimum absolute atomic E-state index is 0.203. The van der Waals surface area contributed by atoms with E-state index < -0.39 is 17.8 Å². The fraction of sp³-hybridized carbons (Fsp3) is 0.333. The van der Waals surface area contributed by atoms with E-state index in [1.54, 1.807) is 13.0 Å². The molecule has 3 aromatic rings. The van der Waals surface area contributed by atoms with Crippen LogP contribution in [-0.2, 0) is 17.5 Å². The van der Waals surface area contributed by atoms with Gasteiger partial charge in [-0.1, -0.05) is 30.3 Å². The van der Waals surface area contributed by atoms with Gasteiger partial charge in [0.1, 0.15) is 5.69 Å². The topological polar surface area (TPSA) is 45.7 Å². The quantitative estimate of drug-likeness (QED) is 0.533. The molecule has 1 fully saturated rings. The van der Waals surface area contributed by atoms with E-state index in [0.29, 0.717) is 29.7 Å². The Morgan fingerprint density at radius 1 is 1.03 bits per heavy atom. The van der Waals surface area contributed by atoms with Gasteiger partial charge in [0.05, 0.1) is 17.7 Å².